The third-order valence-electron chi connectivity index (χ3n) is 3.68. The summed E-state index contributed by atoms with van der Waals surface area (Å²) in [5.74, 6) is -1.57. The van der Waals surface area contributed by atoms with Gasteiger partial charge in [0, 0.05) is 11.1 Å². The van der Waals surface area contributed by atoms with Crippen molar-refractivity contribution in [2.24, 2.45) is 0 Å². The van der Waals surface area contributed by atoms with Crippen LogP contribution in [-0.2, 0) is 20.7 Å². The van der Waals surface area contributed by atoms with Gasteiger partial charge < -0.3 is 14.8 Å². The maximum absolute atomic E-state index is 12.4. The van der Waals surface area contributed by atoms with E-state index in [0.717, 1.165) is 9.88 Å². The number of rotatable bonds is 6. The Hall–Kier alpha value is -3.04. The monoisotopic (exact) mass is 416 g/mol. The first-order valence-electron chi connectivity index (χ1n) is 8.10. The summed E-state index contributed by atoms with van der Waals surface area (Å²) in [5, 5.41) is 7.35. The van der Waals surface area contributed by atoms with Crippen LogP contribution in [0.4, 0.5) is 5.69 Å². The molecular weight excluding hydrogens is 400 g/mol. The molecule has 7 nitrogen and oxygen atoms in total. The third kappa shape index (κ3) is 4.62. The molecule has 1 aromatic carbocycles. The fourth-order valence-corrected chi connectivity index (χ4v) is 4.08. The molecule has 0 fully saturated rings. The zero-order valence-corrected chi connectivity index (χ0v) is 16.7. The predicted molar refractivity (Wildman–Crippen MR) is 107 cm³/mol. The molecule has 2 heterocycles. The smallest absolute Gasteiger partial charge is 0.337 e. The number of ether oxygens (including phenoxy) is 2. The number of thiazole rings is 1. The van der Waals surface area contributed by atoms with Crippen molar-refractivity contribution in [1.82, 2.24) is 4.98 Å². The van der Waals surface area contributed by atoms with Gasteiger partial charge in [-0.25, -0.2) is 14.6 Å². The van der Waals surface area contributed by atoms with Crippen molar-refractivity contribution in [1.29, 1.82) is 0 Å². The minimum Gasteiger partial charge on any atom is -0.465 e. The fraction of sp³-hybridized carbons (Fsp3) is 0.158. The quantitative estimate of drug-likeness (QED) is 0.617. The van der Waals surface area contributed by atoms with E-state index in [0.29, 0.717) is 11.4 Å². The number of esters is 2. The van der Waals surface area contributed by atoms with Crippen LogP contribution in [-0.4, -0.2) is 37.0 Å². The number of benzene rings is 1. The summed E-state index contributed by atoms with van der Waals surface area (Å²) in [4.78, 5) is 41.6. The second-order valence-corrected chi connectivity index (χ2v) is 7.43. The standard InChI is InChI=1S/C19H16N2O5S2/c1-25-18(23)11-6-12(19(24)26-2)8-13(7-11)20-16(22)9-14-10-28-17(21-14)15-4-3-5-27-15/h3-8,10H,9H2,1-2H3,(H,20,22). The minimum atomic E-state index is -0.624. The lowest BCUT2D eigenvalue weighted by Gasteiger charge is -2.09. The number of hydrogen-bond acceptors (Lipinski definition) is 8. The maximum atomic E-state index is 12.4. The molecule has 9 heteroatoms. The average Bonchev–Trinajstić information content (AvgIpc) is 3.38. The van der Waals surface area contributed by atoms with E-state index in [1.807, 2.05) is 22.9 Å². The van der Waals surface area contributed by atoms with E-state index in [1.165, 1.54) is 43.8 Å². The van der Waals surface area contributed by atoms with Gasteiger partial charge in [0.15, 0.2) is 0 Å². The number of methoxy groups -OCH3 is 2. The van der Waals surface area contributed by atoms with Crippen molar-refractivity contribution in [2.45, 2.75) is 6.42 Å². The van der Waals surface area contributed by atoms with Crippen molar-refractivity contribution in [2.75, 3.05) is 19.5 Å². The van der Waals surface area contributed by atoms with Crippen LogP contribution in [0, 0.1) is 0 Å². The normalized spacial score (nSPS) is 10.4. The first kappa shape index (κ1) is 19.7. The molecule has 0 radical (unpaired) electrons. The van der Waals surface area contributed by atoms with E-state index >= 15 is 0 Å². The van der Waals surface area contributed by atoms with Crippen molar-refractivity contribution >= 4 is 46.2 Å². The molecule has 0 spiro atoms. The van der Waals surface area contributed by atoms with Crippen LogP contribution < -0.4 is 5.32 Å². The van der Waals surface area contributed by atoms with E-state index in [9.17, 15) is 14.4 Å². The molecule has 0 saturated carbocycles. The largest absolute Gasteiger partial charge is 0.465 e. The Balaban J connectivity index is 1.75. The summed E-state index contributed by atoms with van der Waals surface area (Å²) in [5.41, 5.74) is 1.20. The van der Waals surface area contributed by atoms with Gasteiger partial charge in [-0.1, -0.05) is 6.07 Å². The van der Waals surface area contributed by atoms with Crippen molar-refractivity contribution in [3.8, 4) is 9.88 Å². The second kappa shape index (κ2) is 8.77. The minimum absolute atomic E-state index is 0.0673. The Morgan fingerprint density at radius 1 is 1.04 bits per heavy atom. The fourth-order valence-electron chi connectivity index (χ4n) is 2.44. The highest BCUT2D eigenvalue weighted by Crippen LogP contribution is 2.28. The Kier molecular flexibility index (Phi) is 6.17. The van der Waals surface area contributed by atoms with Crippen LogP contribution in [0.2, 0.25) is 0 Å². The first-order chi connectivity index (χ1) is 13.5. The molecular formula is C19H16N2O5S2. The van der Waals surface area contributed by atoms with Crippen LogP contribution in [0.5, 0.6) is 0 Å². The molecule has 1 amide bonds. The summed E-state index contributed by atoms with van der Waals surface area (Å²) in [7, 11) is 2.47. The number of nitrogens with zero attached hydrogens (tertiary/aromatic N) is 1. The molecule has 28 heavy (non-hydrogen) atoms. The SMILES string of the molecule is COC(=O)c1cc(NC(=O)Cc2csc(-c3cccs3)n2)cc(C(=O)OC)c1. The molecule has 1 N–H and O–H groups in total. The van der Waals surface area contributed by atoms with Gasteiger partial charge in [-0.2, -0.15) is 0 Å². The number of hydrogen-bond donors (Lipinski definition) is 1. The number of carbonyl (C=O) groups is 3. The summed E-state index contributed by atoms with van der Waals surface area (Å²) in [6.45, 7) is 0. The lowest BCUT2D eigenvalue weighted by molar-refractivity contribution is -0.115. The van der Waals surface area contributed by atoms with Gasteiger partial charge in [0.1, 0.15) is 5.01 Å². The molecule has 144 valence electrons. The van der Waals surface area contributed by atoms with E-state index in [-0.39, 0.29) is 23.5 Å². The summed E-state index contributed by atoms with van der Waals surface area (Å²) < 4.78 is 9.37. The molecule has 2 aromatic heterocycles. The molecule has 3 rings (SSSR count). The van der Waals surface area contributed by atoms with Crippen LogP contribution in [0.3, 0.4) is 0 Å². The van der Waals surface area contributed by atoms with Crippen molar-refractivity contribution in [3.63, 3.8) is 0 Å². The Morgan fingerprint density at radius 2 is 1.71 bits per heavy atom. The zero-order chi connectivity index (χ0) is 20.1. The van der Waals surface area contributed by atoms with Gasteiger partial charge in [-0.05, 0) is 29.6 Å². The van der Waals surface area contributed by atoms with Gasteiger partial charge in [0.05, 0.1) is 42.3 Å². The zero-order valence-electron chi connectivity index (χ0n) is 15.1. The number of nitrogens with one attached hydrogen (secondary N) is 1. The number of aromatic nitrogens is 1. The lowest BCUT2D eigenvalue weighted by atomic mass is 10.1. The van der Waals surface area contributed by atoms with Crippen molar-refractivity contribution in [3.05, 3.63) is 57.9 Å². The van der Waals surface area contributed by atoms with Crippen LogP contribution in [0.25, 0.3) is 9.88 Å². The van der Waals surface area contributed by atoms with Crippen LogP contribution in [0.1, 0.15) is 26.4 Å². The molecule has 0 atom stereocenters. The summed E-state index contributed by atoms with van der Waals surface area (Å²) in [6, 6.07) is 8.14. The molecule has 0 aliphatic heterocycles. The average molecular weight is 416 g/mol. The summed E-state index contributed by atoms with van der Waals surface area (Å²) >= 11 is 3.05. The van der Waals surface area contributed by atoms with Crippen molar-refractivity contribution < 1.29 is 23.9 Å². The molecule has 0 aliphatic carbocycles. The number of amides is 1. The second-order valence-electron chi connectivity index (χ2n) is 5.63. The highest BCUT2D eigenvalue weighted by Gasteiger charge is 2.16. The van der Waals surface area contributed by atoms with Gasteiger partial charge >= 0.3 is 11.9 Å². The van der Waals surface area contributed by atoms with Crippen LogP contribution >= 0.6 is 22.7 Å². The Morgan fingerprint density at radius 3 is 2.29 bits per heavy atom. The van der Waals surface area contributed by atoms with Gasteiger partial charge in [-0.15, -0.1) is 22.7 Å². The third-order valence-corrected chi connectivity index (χ3v) is 5.61. The number of anilines is 1. The van der Waals surface area contributed by atoms with Gasteiger partial charge in [-0.3, -0.25) is 4.79 Å². The van der Waals surface area contributed by atoms with E-state index in [4.69, 9.17) is 0 Å². The Labute approximate surface area is 168 Å². The molecule has 0 aliphatic rings. The van der Waals surface area contributed by atoms with E-state index in [1.54, 1.807) is 11.3 Å². The van der Waals surface area contributed by atoms with E-state index in [2.05, 4.69) is 19.8 Å². The Bertz CT molecular complexity index is 977. The summed E-state index contributed by atoms with van der Waals surface area (Å²) in [6.07, 6.45) is 0.0673. The topological polar surface area (TPSA) is 94.6 Å². The predicted octanol–water partition coefficient (Wildman–Crippen LogP) is 3.63. The number of carbonyl (C=O) groups excluding carboxylic acids is 3. The lowest BCUT2D eigenvalue weighted by Crippen LogP contribution is -2.16. The highest BCUT2D eigenvalue weighted by molar-refractivity contribution is 7.20. The number of thiophene rings is 1. The molecule has 0 saturated heterocycles. The van der Waals surface area contributed by atoms with Gasteiger partial charge in [0.2, 0.25) is 5.91 Å². The molecule has 0 bridgehead atoms. The highest BCUT2D eigenvalue weighted by atomic mass is 32.1. The first-order valence-corrected chi connectivity index (χ1v) is 9.86. The van der Waals surface area contributed by atoms with Gasteiger partial charge in [0.25, 0.3) is 0 Å². The molecule has 3 aromatic rings. The molecule has 0 unspecified atom stereocenters. The van der Waals surface area contributed by atoms with Crippen LogP contribution in [0.15, 0.2) is 41.1 Å². The maximum Gasteiger partial charge on any atom is 0.337 e. The van der Waals surface area contributed by atoms with E-state index < -0.39 is 11.9 Å².